The van der Waals surface area contributed by atoms with E-state index >= 15 is 0 Å². The van der Waals surface area contributed by atoms with Crippen LogP contribution in [-0.4, -0.2) is 23.7 Å². The van der Waals surface area contributed by atoms with Gasteiger partial charge in [-0.25, -0.2) is 0 Å². The minimum absolute atomic E-state index is 0.259. The summed E-state index contributed by atoms with van der Waals surface area (Å²) in [7, 11) is 0. The predicted octanol–water partition coefficient (Wildman–Crippen LogP) is 4.73. The van der Waals surface area contributed by atoms with E-state index in [-0.39, 0.29) is 6.04 Å². The van der Waals surface area contributed by atoms with E-state index in [9.17, 15) is 0 Å². The molecule has 3 rings (SSSR count). The maximum atomic E-state index is 5.02. The van der Waals surface area contributed by atoms with Crippen LogP contribution in [0.5, 0.6) is 0 Å². The van der Waals surface area contributed by atoms with Gasteiger partial charge in [-0.15, -0.1) is 0 Å². The van der Waals surface area contributed by atoms with Gasteiger partial charge in [-0.2, -0.15) is 0 Å². The third-order valence-corrected chi connectivity index (χ3v) is 4.68. The summed E-state index contributed by atoms with van der Waals surface area (Å²) in [5.74, 6) is 0.540. The van der Waals surface area contributed by atoms with Gasteiger partial charge < -0.3 is 0 Å². The molecule has 1 aliphatic heterocycles. The maximum Gasteiger partial charge on any atom is 0.0720 e. The molecule has 1 aliphatic rings. The lowest BCUT2D eigenvalue weighted by atomic mass is 9.96. The van der Waals surface area contributed by atoms with Crippen molar-refractivity contribution in [1.29, 1.82) is 0 Å². The van der Waals surface area contributed by atoms with E-state index in [1.54, 1.807) is 0 Å². The van der Waals surface area contributed by atoms with Crippen molar-refractivity contribution in [2.45, 2.75) is 32.9 Å². The van der Waals surface area contributed by atoms with Gasteiger partial charge in [0.15, 0.2) is 0 Å². The second-order valence-corrected chi connectivity index (χ2v) is 6.58. The Morgan fingerprint density at radius 3 is 2.35 bits per heavy atom. The molecule has 0 N–H and O–H groups in total. The maximum absolute atomic E-state index is 5.02. The van der Waals surface area contributed by atoms with Crippen LogP contribution in [-0.2, 0) is 6.54 Å². The van der Waals surface area contributed by atoms with Gasteiger partial charge in [-0.05, 0) is 24.5 Å². The van der Waals surface area contributed by atoms with Gasteiger partial charge in [-0.3, -0.25) is 9.89 Å². The molecule has 0 radical (unpaired) electrons. The average molecular weight is 306 g/mol. The van der Waals surface area contributed by atoms with E-state index in [2.05, 4.69) is 79.4 Å². The van der Waals surface area contributed by atoms with E-state index in [1.165, 1.54) is 16.8 Å². The summed E-state index contributed by atoms with van der Waals surface area (Å²) in [6, 6.07) is 21.6. The highest BCUT2D eigenvalue weighted by Gasteiger charge is 2.22. The van der Waals surface area contributed by atoms with Crippen molar-refractivity contribution in [3.05, 3.63) is 71.8 Å². The highest BCUT2D eigenvalue weighted by atomic mass is 15.1. The Balaban J connectivity index is 1.61. The minimum Gasteiger partial charge on any atom is -0.298 e. The highest BCUT2D eigenvalue weighted by Crippen LogP contribution is 2.22. The number of hydrogen-bond acceptors (Lipinski definition) is 2. The number of rotatable bonds is 4. The van der Waals surface area contributed by atoms with Gasteiger partial charge in [0.25, 0.3) is 0 Å². The number of likely N-dealkylation sites (tertiary alicyclic amines) is 1. The molecule has 0 aromatic heterocycles. The van der Waals surface area contributed by atoms with Crippen molar-refractivity contribution in [3.63, 3.8) is 0 Å². The predicted molar refractivity (Wildman–Crippen MR) is 97.8 cm³/mol. The molecule has 0 bridgehead atoms. The smallest absolute Gasteiger partial charge is 0.0720 e. The molecule has 1 unspecified atom stereocenters. The van der Waals surface area contributed by atoms with Crippen LogP contribution in [0.2, 0.25) is 0 Å². The van der Waals surface area contributed by atoms with Gasteiger partial charge in [0.2, 0.25) is 0 Å². The van der Waals surface area contributed by atoms with E-state index < -0.39 is 0 Å². The molecular formula is C21H26N2. The minimum atomic E-state index is 0.259. The van der Waals surface area contributed by atoms with Crippen LogP contribution in [0, 0.1) is 5.92 Å². The monoisotopic (exact) mass is 306 g/mol. The summed E-state index contributed by atoms with van der Waals surface area (Å²) >= 11 is 0. The quantitative estimate of drug-likeness (QED) is 0.797. The molecule has 2 heteroatoms. The van der Waals surface area contributed by atoms with E-state index in [0.717, 1.165) is 26.1 Å². The van der Waals surface area contributed by atoms with Gasteiger partial charge in [0.1, 0.15) is 0 Å². The first-order valence-electron chi connectivity index (χ1n) is 8.60. The Bertz CT molecular complexity index is 633. The van der Waals surface area contributed by atoms with Gasteiger partial charge in [0.05, 0.1) is 6.04 Å². The molecule has 0 spiro atoms. The number of hydrogen-bond donors (Lipinski definition) is 0. The molecule has 23 heavy (non-hydrogen) atoms. The summed E-state index contributed by atoms with van der Waals surface area (Å²) in [5, 5.41) is 0. The topological polar surface area (TPSA) is 15.6 Å². The van der Waals surface area contributed by atoms with Crippen LogP contribution in [0.25, 0.3) is 0 Å². The van der Waals surface area contributed by atoms with E-state index in [4.69, 9.17) is 4.99 Å². The Labute approximate surface area is 139 Å². The fourth-order valence-electron chi connectivity index (χ4n) is 3.33. The molecule has 2 atom stereocenters. The zero-order valence-electron chi connectivity index (χ0n) is 14.2. The van der Waals surface area contributed by atoms with Crippen LogP contribution in [0.15, 0.2) is 65.7 Å². The SMILES string of the molecule is CC1CN(Cc2ccccc2)CCC1=N[C@@H](C)c1ccccc1. The van der Waals surface area contributed by atoms with Gasteiger partial charge >= 0.3 is 0 Å². The average Bonchev–Trinajstić information content (AvgIpc) is 2.59. The van der Waals surface area contributed by atoms with E-state index in [0.29, 0.717) is 5.92 Å². The van der Waals surface area contributed by atoms with Crippen molar-refractivity contribution in [3.8, 4) is 0 Å². The van der Waals surface area contributed by atoms with Crippen molar-refractivity contribution in [2.75, 3.05) is 13.1 Å². The van der Waals surface area contributed by atoms with Crippen LogP contribution < -0.4 is 0 Å². The largest absolute Gasteiger partial charge is 0.298 e. The molecule has 2 nitrogen and oxygen atoms in total. The van der Waals surface area contributed by atoms with Crippen molar-refractivity contribution in [1.82, 2.24) is 4.90 Å². The first-order chi connectivity index (χ1) is 11.2. The van der Waals surface area contributed by atoms with Crippen LogP contribution >= 0.6 is 0 Å². The third-order valence-electron chi connectivity index (χ3n) is 4.68. The summed E-state index contributed by atoms with van der Waals surface area (Å²) in [4.78, 5) is 7.57. The molecular weight excluding hydrogens is 280 g/mol. The summed E-state index contributed by atoms with van der Waals surface area (Å²) in [6.07, 6.45) is 1.09. The van der Waals surface area contributed by atoms with Gasteiger partial charge in [0, 0.05) is 31.3 Å². The Kier molecular flexibility index (Phi) is 5.24. The summed E-state index contributed by atoms with van der Waals surface area (Å²) < 4.78 is 0. The Morgan fingerprint density at radius 2 is 1.70 bits per heavy atom. The number of aliphatic imine (C=N–C) groups is 1. The Morgan fingerprint density at radius 1 is 1.04 bits per heavy atom. The standard InChI is InChI=1S/C21H26N2/c1-17-15-23(16-19-9-5-3-6-10-19)14-13-21(17)22-18(2)20-11-7-4-8-12-20/h3-12,17-18H,13-16H2,1-2H3/t17?,18-/m0/s1. The molecule has 0 aliphatic carbocycles. The number of benzene rings is 2. The normalized spacial score (nSPS) is 22.2. The summed E-state index contributed by atoms with van der Waals surface area (Å²) in [5.41, 5.74) is 4.09. The molecule has 120 valence electrons. The lowest BCUT2D eigenvalue weighted by Crippen LogP contribution is -2.39. The summed E-state index contributed by atoms with van der Waals surface area (Å²) in [6.45, 7) is 7.78. The first-order valence-corrected chi connectivity index (χ1v) is 8.60. The zero-order valence-corrected chi connectivity index (χ0v) is 14.2. The molecule has 2 aromatic rings. The van der Waals surface area contributed by atoms with E-state index in [1.807, 2.05) is 0 Å². The first kappa shape index (κ1) is 15.9. The highest BCUT2D eigenvalue weighted by molar-refractivity contribution is 5.87. The van der Waals surface area contributed by atoms with Crippen molar-refractivity contribution in [2.24, 2.45) is 10.9 Å². The molecule has 0 amide bonds. The second kappa shape index (κ2) is 7.56. The second-order valence-electron chi connectivity index (χ2n) is 6.58. The lowest BCUT2D eigenvalue weighted by Gasteiger charge is -2.32. The van der Waals surface area contributed by atoms with Crippen LogP contribution in [0.1, 0.15) is 37.4 Å². The molecule has 1 saturated heterocycles. The van der Waals surface area contributed by atoms with Gasteiger partial charge in [-0.1, -0.05) is 67.6 Å². The molecule has 1 fully saturated rings. The third kappa shape index (κ3) is 4.29. The fraction of sp³-hybridized carbons (Fsp3) is 0.381. The fourth-order valence-corrected chi connectivity index (χ4v) is 3.33. The lowest BCUT2D eigenvalue weighted by molar-refractivity contribution is 0.237. The molecule has 2 aromatic carbocycles. The number of nitrogens with zero attached hydrogens (tertiary/aromatic N) is 2. The molecule has 1 heterocycles. The van der Waals surface area contributed by atoms with Crippen molar-refractivity contribution < 1.29 is 0 Å². The van der Waals surface area contributed by atoms with Crippen LogP contribution in [0.4, 0.5) is 0 Å². The molecule has 0 saturated carbocycles. The number of piperidine rings is 1. The zero-order chi connectivity index (χ0) is 16.1. The van der Waals surface area contributed by atoms with Crippen molar-refractivity contribution >= 4 is 5.71 Å². The Hall–Kier alpha value is -1.93. The van der Waals surface area contributed by atoms with Crippen LogP contribution in [0.3, 0.4) is 0 Å².